The molecule has 0 aromatic rings. The molecule has 402 valence electrons. The van der Waals surface area contributed by atoms with Crippen LogP contribution in [-0.4, -0.2) is 146 Å². The van der Waals surface area contributed by atoms with Crippen LogP contribution in [0.2, 0.25) is 0 Å². The Kier molecular flexibility index (Phi) is 46.5. The van der Waals surface area contributed by atoms with Crippen molar-refractivity contribution in [1.29, 1.82) is 0 Å². The third-order valence-corrected chi connectivity index (χ3v) is 13.0. The van der Waals surface area contributed by atoms with Crippen LogP contribution in [0, 0.1) is 0 Å². The van der Waals surface area contributed by atoms with Crippen LogP contribution in [-0.2, 0) is 19.2 Å². The Bertz CT molecular complexity index is 1100. The number of nitrogens with two attached hydrogens (primary N) is 4. The van der Waals surface area contributed by atoms with E-state index in [1.165, 1.54) is 116 Å². The molecule has 0 saturated carbocycles. The molecule has 0 fully saturated rings. The van der Waals surface area contributed by atoms with Gasteiger partial charge < -0.3 is 64.2 Å². The fraction of sp³-hybridized carbons (Fsp3) is 0.923. The summed E-state index contributed by atoms with van der Waals surface area (Å²) in [6.45, 7) is 11.1. The van der Waals surface area contributed by atoms with E-state index in [0.29, 0.717) is 39.0 Å². The van der Waals surface area contributed by atoms with Gasteiger partial charge >= 0.3 is 0 Å². The average molecular weight is 969 g/mol. The number of nitrogens with zero attached hydrogens (tertiary/aromatic N) is 2. The third-order valence-electron chi connectivity index (χ3n) is 13.0. The highest BCUT2D eigenvalue weighted by atomic mass is 16.3. The van der Waals surface area contributed by atoms with Gasteiger partial charge in [0, 0.05) is 13.1 Å². The van der Waals surface area contributed by atoms with Crippen molar-refractivity contribution in [3.63, 3.8) is 0 Å². The highest BCUT2D eigenvalue weighted by Gasteiger charge is 2.24. The summed E-state index contributed by atoms with van der Waals surface area (Å²) in [5.74, 6) is -1.71. The predicted molar refractivity (Wildman–Crippen MR) is 281 cm³/mol. The van der Waals surface area contributed by atoms with Crippen molar-refractivity contribution < 1.29 is 29.4 Å². The van der Waals surface area contributed by atoms with Crippen molar-refractivity contribution in [3.05, 3.63) is 0 Å². The lowest BCUT2D eigenvalue weighted by Gasteiger charge is -2.25. The second-order valence-corrected chi connectivity index (χ2v) is 19.3. The molecule has 0 bridgehead atoms. The Hall–Kier alpha value is -2.44. The molecule has 4 atom stereocenters. The number of hydrogen-bond acceptors (Lipinski definition) is 12. The van der Waals surface area contributed by atoms with Gasteiger partial charge in [-0.2, -0.15) is 0 Å². The van der Waals surface area contributed by atoms with Crippen molar-refractivity contribution in [2.45, 2.75) is 231 Å². The number of carbonyl (C=O) groups excluding carboxylic acids is 4. The molecule has 0 aliphatic carbocycles. The topological polar surface area (TPSA) is 267 Å². The van der Waals surface area contributed by atoms with Gasteiger partial charge in [0.2, 0.25) is 23.6 Å². The van der Waals surface area contributed by atoms with Crippen LogP contribution in [0.15, 0.2) is 0 Å². The third kappa shape index (κ3) is 38.3. The summed E-state index contributed by atoms with van der Waals surface area (Å²) in [4.78, 5) is 56.0. The maximum atomic E-state index is 12.9. The Morgan fingerprint density at radius 1 is 0.397 bits per heavy atom. The minimum Gasteiger partial charge on any atom is -0.394 e. The molecular weight excluding hydrogens is 861 g/mol. The summed E-state index contributed by atoms with van der Waals surface area (Å²) in [7, 11) is 0. The molecule has 0 aromatic heterocycles. The SMILES string of the molecule is CCCCCCCCCCCCN(CCCCN(CCCCCCCCCCCC)CCCNC(=O)[C@H](CO)NC(=O)[C@@H](N)CCCCN)CCCNC(=O)[C@H](CO)NC(=O)[C@@H](N)CCCCN. The number of nitrogens with one attached hydrogen (secondary N) is 4. The number of carbonyl (C=O) groups is 4. The average Bonchev–Trinajstić information content (AvgIpc) is 3.33. The van der Waals surface area contributed by atoms with Gasteiger partial charge in [-0.05, 0) is 117 Å². The van der Waals surface area contributed by atoms with Crippen LogP contribution in [0.4, 0.5) is 0 Å². The van der Waals surface area contributed by atoms with Crippen molar-refractivity contribution in [1.82, 2.24) is 31.1 Å². The van der Waals surface area contributed by atoms with Gasteiger partial charge in [-0.3, -0.25) is 19.2 Å². The Balaban J connectivity index is 5.30. The zero-order valence-corrected chi connectivity index (χ0v) is 43.7. The molecule has 0 unspecified atom stereocenters. The predicted octanol–water partition coefficient (Wildman–Crippen LogP) is 5.09. The maximum Gasteiger partial charge on any atom is 0.244 e. The van der Waals surface area contributed by atoms with Gasteiger partial charge in [-0.1, -0.05) is 142 Å². The molecule has 0 aromatic carbocycles. The zero-order valence-electron chi connectivity index (χ0n) is 43.7. The van der Waals surface area contributed by atoms with Gasteiger partial charge in [-0.25, -0.2) is 0 Å². The van der Waals surface area contributed by atoms with Gasteiger partial charge in [0.1, 0.15) is 12.1 Å². The van der Waals surface area contributed by atoms with E-state index >= 15 is 0 Å². The summed E-state index contributed by atoms with van der Waals surface area (Å²) in [6.07, 6.45) is 33.3. The van der Waals surface area contributed by atoms with E-state index in [-0.39, 0.29) is 0 Å². The number of unbranched alkanes of at least 4 members (excludes halogenated alkanes) is 21. The van der Waals surface area contributed by atoms with E-state index < -0.39 is 61.0 Å². The van der Waals surface area contributed by atoms with Gasteiger partial charge in [0.25, 0.3) is 0 Å². The van der Waals surface area contributed by atoms with Crippen molar-refractivity contribution >= 4 is 23.6 Å². The molecule has 16 nitrogen and oxygen atoms in total. The number of hydrogen-bond donors (Lipinski definition) is 10. The summed E-state index contributed by atoms with van der Waals surface area (Å²) in [6, 6.07) is -3.60. The molecule has 4 amide bonds. The Morgan fingerprint density at radius 3 is 0.971 bits per heavy atom. The molecule has 0 aliphatic heterocycles. The lowest BCUT2D eigenvalue weighted by atomic mass is 10.1. The standard InChI is InChI=1S/C52H108N10O6/c1-3-5-7-9-11-13-15-17-19-25-37-61(41-29-35-57-51(67)47(43-63)59-49(65)45(55)31-21-23-33-53)39-27-28-40-62(38-26-20-18-16-14-12-10-8-6-4-2)42-30-36-58-52(68)48(44-64)60-50(66)46(56)32-22-24-34-54/h45-48,63-64H,3-44,53-56H2,1-2H3,(H,57,67)(H,58,68)(H,59,65)(H,60,66)/t45-,46-,47-,48-/m0/s1. The summed E-state index contributed by atoms with van der Waals surface area (Å²) in [5, 5.41) is 30.8. The quantitative estimate of drug-likeness (QED) is 0.0358. The fourth-order valence-corrected chi connectivity index (χ4v) is 8.49. The molecule has 68 heavy (non-hydrogen) atoms. The molecular formula is C52H108N10O6. The number of aliphatic hydroxyl groups excluding tert-OH is 2. The van der Waals surface area contributed by atoms with Crippen molar-refractivity contribution in [3.8, 4) is 0 Å². The first-order valence-corrected chi connectivity index (χ1v) is 27.8. The minimum atomic E-state index is -1.04. The summed E-state index contributed by atoms with van der Waals surface area (Å²) < 4.78 is 0. The van der Waals surface area contributed by atoms with E-state index in [1.54, 1.807) is 0 Å². The van der Waals surface area contributed by atoms with E-state index in [1.807, 2.05) is 0 Å². The first-order chi connectivity index (χ1) is 33.1. The smallest absolute Gasteiger partial charge is 0.244 e. The molecule has 0 aliphatic rings. The van der Waals surface area contributed by atoms with Gasteiger partial charge in [0.05, 0.1) is 25.3 Å². The lowest BCUT2D eigenvalue weighted by Crippen LogP contribution is -2.53. The first-order valence-electron chi connectivity index (χ1n) is 27.8. The largest absolute Gasteiger partial charge is 0.394 e. The highest BCUT2D eigenvalue weighted by Crippen LogP contribution is 2.13. The molecule has 14 N–H and O–H groups in total. The van der Waals surface area contributed by atoms with E-state index in [0.717, 1.165) is 103 Å². The van der Waals surface area contributed by atoms with Crippen molar-refractivity contribution in [2.75, 3.05) is 78.7 Å². The number of amides is 4. The summed E-state index contributed by atoms with van der Waals surface area (Å²) in [5.41, 5.74) is 23.1. The summed E-state index contributed by atoms with van der Waals surface area (Å²) >= 11 is 0. The van der Waals surface area contributed by atoms with Gasteiger partial charge in [-0.15, -0.1) is 0 Å². The maximum absolute atomic E-state index is 12.9. The monoisotopic (exact) mass is 969 g/mol. The lowest BCUT2D eigenvalue weighted by molar-refractivity contribution is -0.130. The Morgan fingerprint density at radius 2 is 0.676 bits per heavy atom. The first kappa shape index (κ1) is 65.6. The second kappa shape index (κ2) is 48.2. The van der Waals surface area contributed by atoms with Crippen LogP contribution < -0.4 is 44.2 Å². The highest BCUT2D eigenvalue weighted by molar-refractivity contribution is 5.90. The Labute approximate surface area is 415 Å². The minimum absolute atomic E-state index is 0.409. The van der Waals surface area contributed by atoms with Crippen LogP contribution in [0.1, 0.15) is 206 Å². The molecule has 0 spiro atoms. The fourth-order valence-electron chi connectivity index (χ4n) is 8.49. The zero-order chi connectivity index (χ0) is 50.3. The van der Waals surface area contributed by atoms with Crippen LogP contribution >= 0.6 is 0 Å². The van der Waals surface area contributed by atoms with Crippen LogP contribution in [0.25, 0.3) is 0 Å². The number of rotatable bonds is 51. The van der Waals surface area contributed by atoms with Crippen LogP contribution in [0.5, 0.6) is 0 Å². The van der Waals surface area contributed by atoms with E-state index in [9.17, 15) is 29.4 Å². The molecule has 0 saturated heterocycles. The van der Waals surface area contributed by atoms with E-state index in [2.05, 4.69) is 44.9 Å². The molecule has 16 heteroatoms. The van der Waals surface area contributed by atoms with Crippen LogP contribution in [0.3, 0.4) is 0 Å². The van der Waals surface area contributed by atoms with Crippen molar-refractivity contribution in [2.24, 2.45) is 22.9 Å². The molecule has 0 radical (unpaired) electrons. The normalized spacial score (nSPS) is 13.4. The molecule has 0 heterocycles. The molecule has 0 rings (SSSR count). The van der Waals surface area contributed by atoms with Gasteiger partial charge in [0.15, 0.2) is 0 Å². The second-order valence-electron chi connectivity index (χ2n) is 19.3. The number of aliphatic hydroxyl groups is 2. The van der Waals surface area contributed by atoms with E-state index in [4.69, 9.17) is 22.9 Å².